The number of hydrogen-bond acceptors (Lipinski definition) is 4. The van der Waals surface area contributed by atoms with Crippen LogP contribution in [0.4, 0.5) is 10.1 Å². The van der Waals surface area contributed by atoms with E-state index in [1.807, 2.05) is 0 Å². The van der Waals surface area contributed by atoms with Crippen molar-refractivity contribution in [2.45, 2.75) is 24.2 Å². The van der Waals surface area contributed by atoms with E-state index in [1.54, 1.807) is 0 Å². The number of rotatable bonds is 8. The first-order valence-electron chi connectivity index (χ1n) is 6.61. The highest BCUT2D eigenvalue weighted by atomic mass is 32.2. The minimum absolute atomic E-state index is 0.0321. The van der Waals surface area contributed by atoms with Crippen LogP contribution in [0, 0.1) is 11.7 Å². The summed E-state index contributed by atoms with van der Waals surface area (Å²) in [5.41, 5.74) is 5.18. The lowest BCUT2D eigenvalue weighted by Crippen LogP contribution is -2.25. The molecule has 1 fully saturated rings. The summed E-state index contributed by atoms with van der Waals surface area (Å²) in [6.45, 7) is 1.58. The molecule has 0 bridgehead atoms. The van der Waals surface area contributed by atoms with E-state index in [4.69, 9.17) is 10.5 Å². The van der Waals surface area contributed by atoms with Crippen LogP contribution in [0.3, 0.4) is 0 Å². The van der Waals surface area contributed by atoms with Crippen molar-refractivity contribution in [1.82, 2.24) is 4.72 Å². The Morgan fingerprint density at radius 1 is 1.40 bits per heavy atom. The number of anilines is 1. The molecule has 0 heterocycles. The predicted molar refractivity (Wildman–Crippen MR) is 74.2 cm³/mol. The maximum absolute atomic E-state index is 13.0. The number of hydrogen-bond donors (Lipinski definition) is 2. The third kappa shape index (κ3) is 4.43. The summed E-state index contributed by atoms with van der Waals surface area (Å²) in [6, 6.07) is 3.35. The number of nitrogen functional groups attached to an aromatic ring is 1. The molecule has 1 aliphatic rings. The van der Waals surface area contributed by atoms with Crippen molar-refractivity contribution in [1.29, 1.82) is 0 Å². The zero-order valence-corrected chi connectivity index (χ0v) is 12.0. The zero-order chi connectivity index (χ0) is 14.6. The van der Waals surface area contributed by atoms with Crippen LogP contribution < -0.4 is 10.5 Å². The molecule has 1 aromatic carbocycles. The first-order valence-corrected chi connectivity index (χ1v) is 8.10. The van der Waals surface area contributed by atoms with Gasteiger partial charge < -0.3 is 10.5 Å². The first-order chi connectivity index (χ1) is 9.49. The van der Waals surface area contributed by atoms with Gasteiger partial charge in [0.05, 0.1) is 10.6 Å². The van der Waals surface area contributed by atoms with Crippen LogP contribution in [0.1, 0.15) is 19.3 Å². The third-order valence-corrected chi connectivity index (χ3v) is 4.54. The second kappa shape index (κ2) is 6.51. The summed E-state index contributed by atoms with van der Waals surface area (Å²) < 4.78 is 44.7. The number of nitrogens with one attached hydrogen (secondary N) is 1. The van der Waals surface area contributed by atoms with Gasteiger partial charge in [0.1, 0.15) is 5.82 Å². The largest absolute Gasteiger partial charge is 0.396 e. The van der Waals surface area contributed by atoms with Crippen LogP contribution in [-0.2, 0) is 14.8 Å². The highest BCUT2D eigenvalue weighted by Gasteiger charge is 2.21. The molecule has 0 amide bonds. The van der Waals surface area contributed by atoms with Crippen LogP contribution in [-0.4, -0.2) is 28.2 Å². The van der Waals surface area contributed by atoms with Crippen LogP contribution >= 0.6 is 0 Å². The van der Waals surface area contributed by atoms with Crippen LogP contribution in [0.15, 0.2) is 23.1 Å². The molecule has 1 aliphatic carbocycles. The van der Waals surface area contributed by atoms with Crippen molar-refractivity contribution in [3.8, 4) is 0 Å². The predicted octanol–water partition coefficient (Wildman–Crippen LogP) is 1.50. The van der Waals surface area contributed by atoms with E-state index in [-0.39, 0.29) is 17.1 Å². The molecule has 0 aliphatic heterocycles. The Kier molecular flexibility index (Phi) is 4.95. The number of halogens is 1. The van der Waals surface area contributed by atoms with Crippen LogP contribution in [0.5, 0.6) is 0 Å². The monoisotopic (exact) mass is 302 g/mol. The molecule has 0 unspecified atom stereocenters. The van der Waals surface area contributed by atoms with E-state index in [2.05, 4.69) is 4.72 Å². The summed E-state index contributed by atoms with van der Waals surface area (Å²) in [6.07, 6.45) is 3.07. The van der Waals surface area contributed by atoms with E-state index in [1.165, 1.54) is 18.9 Å². The van der Waals surface area contributed by atoms with E-state index >= 15 is 0 Å². The van der Waals surface area contributed by atoms with E-state index in [0.29, 0.717) is 18.9 Å². The van der Waals surface area contributed by atoms with E-state index in [9.17, 15) is 12.8 Å². The average Bonchev–Trinajstić information content (AvgIpc) is 3.21. The fourth-order valence-electron chi connectivity index (χ4n) is 1.69. The fourth-order valence-corrected chi connectivity index (χ4v) is 2.80. The van der Waals surface area contributed by atoms with Crippen LogP contribution in [0.2, 0.25) is 0 Å². The molecule has 20 heavy (non-hydrogen) atoms. The minimum Gasteiger partial charge on any atom is -0.396 e. The molecule has 1 aromatic rings. The average molecular weight is 302 g/mol. The second-order valence-electron chi connectivity index (χ2n) is 4.95. The fraction of sp³-hybridized carbons (Fsp3) is 0.538. The van der Waals surface area contributed by atoms with Gasteiger partial charge in [-0.15, -0.1) is 0 Å². The normalized spacial score (nSPS) is 15.4. The summed E-state index contributed by atoms with van der Waals surface area (Å²) in [5.74, 6) is 0.0753. The Labute approximate surface area is 118 Å². The molecular weight excluding hydrogens is 283 g/mol. The van der Waals surface area contributed by atoms with Crippen molar-refractivity contribution in [3.63, 3.8) is 0 Å². The van der Waals surface area contributed by atoms with Gasteiger partial charge in [-0.25, -0.2) is 17.5 Å². The van der Waals surface area contributed by atoms with Crippen molar-refractivity contribution in [2.24, 2.45) is 5.92 Å². The SMILES string of the molecule is Nc1cc(S(=O)(=O)NCCCOCC2CC2)ccc1F. The standard InChI is InChI=1S/C13H19FN2O3S/c14-12-5-4-11(8-13(12)15)20(17,18)16-6-1-7-19-9-10-2-3-10/h4-5,8,10,16H,1-3,6-7,9,15H2. The molecule has 2 rings (SSSR count). The summed E-state index contributed by atoms with van der Waals surface area (Å²) in [7, 11) is -3.64. The second-order valence-corrected chi connectivity index (χ2v) is 6.72. The van der Waals surface area contributed by atoms with Crippen molar-refractivity contribution < 1.29 is 17.5 Å². The van der Waals surface area contributed by atoms with Gasteiger partial charge in [-0.2, -0.15) is 0 Å². The number of ether oxygens (including phenoxy) is 1. The maximum atomic E-state index is 13.0. The molecule has 0 aromatic heterocycles. The highest BCUT2D eigenvalue weighted by Crippen LogP contribution is 2.28. The summed E-state index contributed by atoms with van der Waals surface area (Å²) >= 11 is 0. The summed E-state index contributed by atoms with van der Waals surface area (Å²) in [5, 5.41) is 0. The number of benzene rings is 1. The van der Waals surface area contributed by atoms with Gasteiger partial charge in [0.15, 0.2) is 0 Å². The molecule has 112 valence electrons. The van der Waals surface area contributed by atoms with E-state index in [0.717, 1.165) is 18.7 Å². The maximum Gasteiger partial charge on any atom is 0.240 e. The zero-order valence-electron chi connectivity index (χ0n) is 11.1. The highest BCUT2D eigenvalue weighted by molar-refractivity contribution is 7.89. The Balaban J connectivity index is 1.76. The lowest BCUT2D eigenvalue weighted by molar-refractivity contribution is 0.123. The molecule has 0 saturated heterocycles. The Bertz CT molecular complexity index is 559. The lowest BCUT2D eigenvalue weighted by atomic mass is 10.3. The number of nitrogens with two attached hydrogens (primary N) is 1. The van der Waals surface area contributed by atoms with Gasteiger partial charge in [0, 0.05) is 19.8 Å². The molecular formula is C13H19FN2O3S. The lowest BCUT2D eigenvalue weighted by Gasteiger charge is -2.08. The van der Waals surface area contributed by atoms with Crippen molar-refractivity contribution >= 4 is 15.7 Å². The Morgan fingerprint density at radius 3 is 2.80 bits per heavy atom. The molecule has 0 radical (unpaired) electrons. The molecule has 7 heteroatoms. The minimum atomic E-state index is -3.64. The number of sulfonamides is 1. The topological polar surface area (TPSA) is 81.4 Å². The van der Waals surface area contributed by atoms with Crippen molar-refractivity contribution in [2.75, 3.05) is 25.5 Å². The van der Waals surface area contributed by atoms with Gasteiger partial charge >= 0.3 is 0 Å². The first kappa shape index (κ1) is 15.2. The van der Waals surface area contributed by atoms with Gasteiger partial charge in [-0.05, 0) is 43.4 Å². The Hall–Kier alpha value is -1.18. The quantitative estimate of drug-likeness (QED) is 0.563. The molecule has 0 atom stereocenters. The van der Waals surface area contributed by atoms with Crippen LogP contribution in [0.25, 0.3) is 0 Å². The smallest absolute Gasteiger partial charge is 0.240 e. The van der Waals surface area contributed by atoms with Gasteiger partial charge in [-0.1, -0.05) is 0 Å². The molecule has 1 saturated carbocycles. The molecule has 5 nitrogen and oxygen atoms in total. The molecule has 0 spiro atoms. The summed E-state index contributed by atoms with van der Waals surface area (Å²) in [4.78, 5) is -0.0321. The Morgan fingerprint density at radius 2 is 2.15 bits per heavy atom. The third-order valence-electron chi connectivity index (χ3n) is 3.09. The van der Waals surface area contributed by atoms with Gasteiger partial charge in [-0.3, -0.25) is 0 Å². The van der Waals surface area contributed by atoms with Gasteiger partial charge in [0.25, 0.3) is 0 Å². The van der Waals surface area contributed by atoms with E-state index < -0.39 is 15.8 Å². The molecule has 3 N–H and O–H groups in total. The van der Waals surface area contributed by atoms with Crippen molar-refractivity contribution in [3.05, 3.63) is 24.0 Å². The van der Waals surface area contributed by atoms with Gasteiger partial charge in [0.2, 0.25) is 10.0 Å².